The third kappa shape index (κ3) is 2.67. The van der Waals surface area contributed by atoms with Crippen LogP contribution < -0.4 is 4.74 Å². The Morgan fingerprint density at radius 2 is 1.94 bits per heavy atom. The summed E-state index contributed by atoms with van der Waals surface area (Å²) >= 11 is 0. The Bertz CT molecular complexity index is 599. The fourth-order valence-corrected chi connectivity index (χ4v) is 1.40. The van der Waals surface area contributed by atoms with Crippen molar-refractivity contribution < 1.29 is 17.9 Å². The molecule has 0 spiro atoms. The van der Waals surface area contributed by atoms with E-state index in [1.807, 2.05) is 0 Å². The van der Waals surface area contributed by atoms with Crippen LogP contribution in [0.4, 0.5) is 13.2 Å². The summed E-state index contributed by atoms with van der Waals surface area (Å²) in [7, 11) is 0. The van der Waals surface area contributed by atoms with Crippen molar-refractivity contribution >= 4 is 10.8 Å². The highest BCUT2D eigenvalue weighted by molar-refractivity contribution is 5.83. The standard InChI is InChI=1S/C12H6F3NO/c1-2-10-5-8-3-4-11(17-12(13,14)15)6-9(8)7-16-10/h1,3-7H. The fourth-order valence-electron chi connectivity index (χ4n) is 1.40. The SMILES string of the molecule is C#Cc1cc2ccc(OC(F)(F)F)cc2cn1. The molecular formula is C12H6F3NO. The van der Waals surface area contributed by atoms with Crippen molar-refractivity contribution in [1.82, 2.24) is 4.98 Å². The van der Waals surface area contributed by atoms with E-state index in [1.165, 1.54) is 24.4 Å². The number of pyridine rings is 1. The summed E-state index contributed by atoms with van der Waals surface area (Å²) in [5.74, 6) is 2.07. The Balaban J connectivity index is 2.42. The van der Waals surface area contributed by atoms with Gasteiger partial charge in [0.15, 0.2) is 0 Å². The summed E-state index contributed by atoms with van der Waals surface area (Å²) in [5, 5.41) is 1.24. The maximum absolute atomic E-state index is 12.0. The van der Waals surface area contributed by atoms with Gasteiger partial charge in [0.2, 0.25) is 0 Å². The Labute approximate surface area is 95.0 Å². The largest absolute Gasteiger partial charge is 0.573 e. The van der Waals surface area contributed by atoms with Crippen LogP contribution in [-0.4, -0.2) is 11.3 Å². The zero-order valence-corrected chi connectivity index (χ0v) is 8.45. The van der Waals surface area contributed by atoms with Gasteiger partial charge < -0.3 is 4.74 Å². The molecule has 86 valence electrons. The number of fused-ring (bicyclic) bond motifs is 1. The lowest BCUT2D eigenvalue weighted by Gasteiger charge is -2.09. The lowest BCUT2D eigenvalue weighted by Crippen LogP contribution is -2.16. The van der Waals surface area contributed by atoms with Gasteiger partial charge in [0.1, 0.15) is 11.4 Å². The molecule has 0 bridgehead atoms. The van der Waals surface area contributed by atoms with E-state index in [9.17, 15) is 13.2 Å². The molecule has 0 saturated heterocycles. The molecule has 0 unspecified atom stereocenters. The van der Waals surface area contributed by atoms with Crippen molar-refractivity contribution in [2.45, 2.75) is 6.36 Å². The van der Waals surface area contributed by atoms with E-state index in [2.05, 4.69) is 15.6 Å². The Morgan fingerprint density at radius 1 is 1.18 bits per heavy atom. The lowest BCUT2D eigenvalue weighted by molar-refractivity contribution is -0.274. The topological polar surface area (TPSA) is 22.1 Å². The second-order valence-electron chi connectivity index (χ2n) is 3.27. The van der Waals surface area contributed by atoms with Crippen molar-refractivity contribution in [2.75, 3.05) is 0 Å². The van der Waals surface area contributed by atoms with E-state index in [-0.39, 0.29) is 5.75 Å². The molecule has 1 heterocycles. The first kappa shape index (κ1) is 11.3. The molecule has 0 radical (unpaired) electrons. The van der Waals surface area contributed by atoms with Crippen LogP contribution in [0.25, 0.3) is 10.8 Å². The number of aromatic nitrogens is 1. The van der Waals surface area contributed by atoms with Crippen molar-refractivity contribution in [1.29, 1.82) is 0 Å². The fraction of sp³-hybridized carbons (Fsp3) is 0.0833. The van der Waals surface area contributed by atoms with Crippen molar-refractivity contribution in [2.24, 2.45) is 0 Å². The Morgan fingerprint density at radius 3 is 2.59 bits per heavy atom. The number of nitrogens with zero attached hydrogens (tertiary/aromatic N) is 1. The smallest absolute Gasteiger partial charge is 0.406 e. The molecule has 0 saturated carbocycles. The van der Waals surface area contributed by atoms with Gasteiger partial charge in [-0.05, 0) is 23.6 Å². The first-order valence-corrected chi connectivity index (χ1v) is 4.60. The molecule has 2 rings (SSSR count). The molecule has 0 fully saturated rings. The zero-order chi connectivity index (χ0) is 12.5. The van der Waals surface area contributed by atoms with Crippen LogP contribution in [0.1, 0.15) is 5.69 Å². The molecule has 5 heteroatoms. The van der Waals surface area contributed by atoms with Crippen LogP contribution in [0.2, 0.25) is 0 Å². The van der Waals surface area contributed by atoms with Crippen LogP contribution in [-0.2, 0) is 0 Å². The van der Waals surface area contributed by atoms with Gasteiger partial charge in [0.05, 0.1) is 0 Å². The van der Waals surface area contributed by atoms with Crippen LogP contribution in [0, 0.1) is 12.3 Å². The van der Waals surface area contributed by atoms with Gasteiger partial charge in [-0.2, -0.15) is 0 Å². The molecular weight excluding hydrogens is 231 g/mol. The van der Waals surface area contributed by atoms with Gasteiger partial charge in [0, 0.05) is 11.6 Å². The number of hydrogen-bond donors (Lipinski definition) is 0. The number of halogens is 3. The quantitative estimate of drug-likeness (QED) is 0.711. The van der Waals surface area contributed by atoms with Crippen molar-refractivity contribution in [3.8, 4) is 18.1 Å². The average Bonchev–Trinajstić information content (AvgIpc) is 2.26. The predicted octanol–water partition coefficient (Wildman–Crippen LogP) is 3.11. The summed E-state index contributed by atoms with van der Waals surface area (Å²) in [5.41, 5.74) is 0.432. The molecule has 2 nitrogen and oxygen atoms in total. The second kappa shape index (κ2) is 3.98. The Hall–Kier alpha value is -2.22. The third-order valence-electron chi connectivity index (χ3n) is 2.07. The molecule has 0 aliphatic rings. The van der Waals surface area contributed by atoms with Gasteiger partial charge in [-0.3, -0.25) is 0 Å². The van der Waals surface area contributed by atoms with E-state index < -0.39 is 6.36 Å². The average molecular weight is 237 g/mol. The maximum Gasteiger partial charge on any atom is 0.573 e. The van der Waals surface area contributed by atoms with E-state index in [0.717, 1.165) is 0 Å². The molecule has 0 aliphatic heterocycles. The second-order valence-corrected chi connectivity index (χ2v) is 3.27. The van der Waals surface area contributed by atoms with E-state index in [1.54, 1.807) is 6.07 Å². The summed E-state index contributed by atoms with van der Waals surface area (Å²) in [6.45, 7) is 0. The summed E-state index contributed by atoms with van der Waals surface area (Å²) < 4.78 is 39.8. The molecule has 1 aromatic carbocycles. The predicted molar refractivity (Wildman–Crippen MR) is 56.4 cm³/mol. The van der Waals surface area contributed by atoms with Gasteiger partial charge in [-0.25, -0.2) is 4.98 Å². The van der Waals surface area contributed by atoms with Gasteiger partial charge in [-0.1, -0.05) is 12.0 Å². The first-order valence-electron chi connectivity index (χ1n) is 4.60. The minimum Gasteiger partial charge on any atom is -0.406 e. The number of alkyl halides is 3. The first-order chi connectivity index (χ1) is 7.98. The molecule has 0 amide bonds. The molecule has 1 aromatic heterocycles. The van der Waals surface area contributed by atoms with E-state index >= 15 is 0 Å². The molecule has 0 atom stereocenters. The highest BCUT2D eigenvalue weighted by Gasteiger charge is 2.31. The van der Waals surface area contributed by atoms with E-state index in [4.69, 9.17) is 6.42 Å². The third-order valence-corrected chi connectivity index (χ3v) is 2.07. The van der Waals surface area contributed by atoms with Crippen LogP contribution >= 0.6 is 0 Å². The normalized spacial score (nSPS) is 11.2. The maximum atomic E-state index is 12.0. The van der Waals surface area contributed by atoms with Crippen LogP contribution in [0.5, 0.6) is 5.75 Å². The molecule has 0 aliphatic carbocycles. The van der Waals surface area contributed by atoms with Crippen LogP contribution in [0.15, 0.2) is 30.5 Å². The minimum absolute atomic E-state index is 0.278. The number of rotatable bonds is 1. The van der Waals surface area contributed by atoms with Gasteiger partial charge in [-0.15, -0.1) is 19.6 Å². The van der Waals surface area contributed by atoms with Crippen LogP contribution in [0.3, 0.4) is 0 Å². The molecule has 17 heavy (non-hydrogen) atoms. The highest BCUT2D eigenvalue weighted by atomic mass is 19.4. The van der Waals surface area contributed by atoms with Gasteiger partial charge in [0.25, 0.3) is 0 Å². The molecule has 2 aromatic rings. The monoisotopic (exact) mass is 237 g/mol. The summed E-state index contributed by atoms with van der Waals surface area (Å²) in [4.78, 5) is 3.89. The van der Waals surface area contributed by atoms with E-state index in [0.29, 0.717) is 16.5 Å². The highest BCUT2D eigenvalue weighted by Crippen LogP contribution is 2.26. The Kier molecular flexibility index (Phi) is 2.64. The number of hydrogen-bond acceptors (Lipinski definition) is 2. The van der Waals surface area contributed by atoms with Crippen molar-refractivity contribution in [3.63, 3.8) is 0 Å². The van der Waals surface area contributed by atoms with Gasteiger partial charge >= 0.3 is 6.36 Å². The lowest BCUT2D eigenvalue weighted by atomic mass is 10.1. The zero-order valence-electron chi connectivity index (χ0n) is 8.45. The summed E-state index contributed by atoms with van der Waals surface area (Å²) in [6.07, 6.45) is 1.88. The minimum atomic E-state index is -4.69. The number of terminal acetylenes is 1. The van der Waals surface area contributed by atoms with Crippen molar-refractivity contribution in [3.05, 3.63) is 36.2 Å². The number of ether oxygens (including phenoxy) is 1. The summed E-state index contributed by atoms with van der Waals surface area (Å²) in [6, 6.07) is 5.61. The molecule has 0 N–H and O–H groups in total. The number of benzene rings is 1.